The van der Waals surface area contributed by atoms with Gasteiger partial charge in [-0.1, -0.05) is 0 Å². The van der Waals surface area contributed by atoms with Crippen LogP contribution >= 0.6 is 39.9 Å². The molecule has 0 bridgehead atoms. The molecule has 1 heterocycles. The Kier molecular flexibility index (Phi) is 2.10. The van der Waals surface area contributed by atoms with E-state index in [1.54, 1.807) is 6.07 Å². The minimum Gasteiger partial charge on any atom is -0.229 e. The lowest BCUT2D eigenvalue weighted by Gasteiger charge is -1.91. The van der Waals surface area contributed by atoms with Crippen molar-refractivity contribution >= 4 is 50.1 Å². The largest absolute Gasteiger partial charge is 0.229 e. The van der Waals surface area contributed by atoms with E-state index >= 15 is 0 Å². The van der Waals surface area contributed by atoms with Crippen LogP contribution in [0.25, 0.3) is 10.2 Å². The van der Waals surface area contributed by atoms with Gasteiger partial charge in [0.15, 0.2) is 0 Å². The van der Waals surface area contributed by atoms with E-state index in [0.717, 1.165) is 4.47 Å². The Labute approximate surface area is 86.2 Å². The summed E-state index contributed by atoms with van der Waals surface area (Å²) in [5, 5.41) is 0. The van der Waals surface area contributed by atoms with E-state index in [4.69, 9.17) is 0 Å². The molecule has 0 aliphatic rings. The summed E-state index contributed by atoms with van der Waals surface area (Å²) in [5.74, 6) is -0.244. The van der Waals surface area contributed by atoms with Crippen molar-refractivity contribution in [1.29, 1.82) is 0 Å². The first-order valence-corrected chi connectivity index (χ1v) is 5.17. The quantitative estimate of drug-likeness (QED) is 0.719. The van der Waals surface area contributed by atoms with Crippen molar-refractivity contribution < 1.29 is 4.39 Å². The molecule has 0 N–H and O–H groups in total. The molecule has 0 fully saturated rings. The third-order valence-electron chi connectivity index (χ3n) is 1.43. The molecule has 2 rings (SSSR count). The highest BCUT2D eigenvalue weighted by Gasteiger charge is 2.08. The summed E-state index contributed by atoms with van der Waals surface area (Å²) < 4.78 is 15.0. The van der Waals surface area contributed by atoms with Crippen molar-refractivity contribution in [2.45, 2.75) is 4.34 Å². The van der Waals surface area contributed by atoms with Crippen LogP contribution in [0, 0.1) is 5.82 Å². The van der Waals surface area contributed by atoms with Gasteiger partial charge < -0.3 is 0 Å². The molecule has 0 saturated heterocycles. The molecule has 5 heteroatoms. The molecule has 0 amide bonds. The van der Waals surface area contributed by atoms with Crippen molar-refractivity contribution in [2.24, 2.45) is 0 Å². The Morgan fingerprint density at radius 1 is 1.50 bits per heavy atom. The highest BCUT2D eigenvalue weighted by atomic mass is 79.9. The number of nitrogens with zero attached hydrogens (tertiary/aromatic N) is 1. The van der Waals surface area contributed by atoms with E-state index < -0.39 is 0 Å². The van der Waals surface area contributed by atoms with Crippen LogP contribution in [0.1, 0.15) is 0 Å². The monoisotopic (exact) mass is 263 g/mol. The smallest absolute Gasteiger partial charge is 0.148 e. The number of fused-ring (bicyclic) bond motifs is 1. The number of benzene rings is 1. The zero-order chi connectivity index (χ0) is 8.72. The molecule has 1 nitrogen and oxygen atoms in total. The van der Waals surface area contributed by atoms with Gasteiger partial charge in [-0.25, -0.2) is 9.37 Å². The fourth-order valence-electron chi connectivity index (χ4n) is 0.934. The summed E-state index contributed by atoms with van der Waals surface area (Å²) >= 11 is 8.59. The van der Waals surface area contributed by atoms with E-state index in [2.05, 4.69) is 33.5 Å². The van der Waals surface area contributed by atoms with Crippen LogP contribution in [0.15, 0.2) is 20.9 Å². The molecule has 0 aliphatic heterocycles. The zero-order valence-electron chi connectivity index (χ0n) is 5.71. The first-order valence-electron chi connectivity index (χ1n) is 3.12. The second-order valence-corrected chi connectivity index (χ2v) is 4.78. The number of rotatable bonds is 0. The van der Waals surface area contributed by atoms with Gasteiger partial charge in [0.05, 0.1) is 10.2 Å². The molecular weight excluding hydrogens is 261 g/mol. The highest BCUT2D eigenvalue weighted by molar-refractivity contribution is 9.10. The van der Waals surface area contributed by atoms with E-state index in [-0.39, 0.29) is 5.82 Å². The van der Waals surface area contributed by atoms with Crippen molar-refractivity contribution in [3.8, 4) is 0 Å². The maximum atomic E-state index is 13.1. The normalized spacial score (nSPS) is 10.9. The first-order chi connectivity index (χ1) is 5.68. The molecule has 2 aromatic rings. The van der Waals surface area contributed by atoms with Gasteiger partial charge in [-0.3, -0.25) is 0 Å². The first kappa shape index (κ1) is 8.47. The van der Waals surface area contributed by atoms with Crippen molar-refractivity contribution in [3.63, 3.8) is 0 Å². The highest BCUT2D eigenvalue weighted by Crippen LogP contribution is 2.31. The SMILES string of the molecule is Fc1ccc(Br)c2nc(S)sc12. The van der Waals surface area contributed by atoms with Gasteiger partial charge in [-0.05, 0) is 28.1 Å². The predicted molar refractivity (Wildman–Crippen MR) is 54.5 cm³/mol. The zero-order valence-corrected chi connectivity index (χ0v) is 9.01. The average Bonchev–Trinajstić information content (AvgIpc) is 2.41. The number of hydrogen-bond donors (Lipinski definition) is 1. The summed E-state index contributed by atoms with van der Waals surface area (Å²) in [4.78, 5) is 4.07. The molecule has 0 spiro atoms. The number of hydrogen-bond acceptors (Lipinski definition) is 3. The molecule has 0 radical (unpaired) electrons. The molecule has 62 valence electrons. The van der Waals surface area contributed by atoms with Crippen LogP contribution in [0.3, 0.4) is 0 Å². The Morgan fingerprint density at radius 2 is 2.25 bits per heavy atom. The Balaban J connectivity index is 2.93. The second kappa shape index (κ2) is 2.97. The molecule has 0 aliphatic carbocycles. The molecular formula is C7H3BrFNS2. The Hall–Kier alpha value is -0.130. The van der Waals surface area contributed by atoms with Gasteiger partial charge in [-0.2, -0.15) is 0 Å². The molecule has 0 unspecified atom stereocenters. The fourth-order valence-corrected chi connectivity index (χ4v) is 2.60. The lowest BCUT2D eigenvalue weighted by atomic mass is 10.3. The van der Waals surface area contributed by atoms with Crippen molar-refractivity contribution in [1.82, 2.24) is 4.98 Å². The predicted octanol–water partition coefficient (Wildman–Crippen LogP) is 3.49. The third-order valence-corrected chi connectivity index (χ3v) is 3.32. The Bertz CT molecular complexity index is 401. The molecule has 12 heavy (non-hydrogen) atoms. The number of thiazole rings is 1. The van der Waals surface area contributed by atoms with Gasteiger partial charge in [-0.15, -0.1) is 24.0 Å². The Morgan fingerprint density at radius 3 is 2.92 bits per heavy atom. The summed E-state index contributed by atoms with van der Waals surface area (Å²) in [6.07, 6.45) is 0. The van der Waals surface area contributed by atoms with Crippen LogP contribution in [0.4, 0.5) is 4.39 Å². The maximum Gasteiger partial charge on any atom is 0.148 e. The number of halogens is 2. The van der Waals surface area contributed by atoms with E-state index in [1.807, 2.05) is 0 Å². The maximum absolute atomic E-state index is 13.1. The standard InChI is InChI=1S/C7H3BrFNS2/c8-3-1-2-4(9)6-5(3)10-7(11)12-6/h1-2H,(H,10,11). The number of thiol groups is 1. The molecule has 0 saturated carbocycles. The molecule has 0 atom stereocenters. The minimum absolute atomic E-state index is 0.244. The average molecular weight is 264 g/mol. The van der Waals surface area contributed by atoms with E-state index in [9.17, 15) is 4.39 Å². The topological polar surface area (TPSA) is 12.9 Å². The van der Waals surface area contributed by atoms with Gasteiger partial charge in [0.2, 0.25) is 0 Å². The summed E-state index contributed by atoms with van der Waals surface area (Å²) in [6, 6.07) is 3.06. The van der Waals surface area contributed by atoms with Gasteiger partial charge in [0.25, 0.3) is 0 Å². The van der Waals surface area contributed by atoms with Crippen molar-refractivity contribution in [2.75, 3.05) is 0 Å². The molecule has 1 aromatic carbocycles. The summed E-state index contributed by atoms with van der Waals surface area (Å²) in [5.41, 5.74) is 0.644. The van der Waals surface area contributed by atoms with Crippen LogP contribution in [-0.4, -0.2) is 4.98 Å². The van der Waals surface area contributed by atoms with Crippen LogP contribution < -0.4 is 0 Å². The second-order valence-electron chi connectivity index (χ2n) is 2.20. The van der Waals surface area contributed by atoms with Crippen molar-refractivity contribution in [3.05, 3.63) is 22.4 Å². The third kappa shape index (κ3) is 1.26. The van der Waals surface area contributed by atoms with Gasteiger partial charge >= 0.3 is 0 Å². The van der Waals surface area contributed by atoms with E-state index in [1.165, 1.54) is 17.4 Å². The number of aromatic nitrogens is 1. The molecule has 1 aromatic heterocycles. The lowest BCUT2D eigenvalue weighted by Crippen LogP contribution is -1.75. The van der Waals surface area contributed by atoms with Crippen LogP contribution in [0.2, 0.25) is 0 Å². The minimum atomic E-state index is -0.244. The lowest BCUT2D eigenvalue weighted by molar-refractivity contribution is 0.641. The fraction of sp³-hybridized carbons (Fsp3) is 0. The van der Waals surface area contributed by atoms with Crippen LogP contribution in [0.5, 0.6) is 0 Å². The van der Waals surface area contributed by atoms with Gasteiger partial charge in [0.1, 0.15) is 10.2 Å². The summed E-state index contributed by atoms with van der Waals surface area (Å²) in [7, 11) is 0. The van der Waals surface area contributed by atoms with E-state index in [0.29, 0.717) is 14.6 Å². The van der Waals surface area contributed by atoms with Gasteiger partial charge in [0, 0.05) is 4.47 Å². The van der Waals surface area contributed by atoms with Crippen LogP contribution in [-0.2, 0) is 0 Å². The summed E-state index contributed by atoms with van der Waals surface area (Å²) in [6.45, 7) is 0.